The summed E-state index contributed by atoms with van der Waals surface area (Å²) in [6, 6.07) is 24.5. The maximum absolute atomic E-state index is 12.4. The summed E-state index contributed by atoms with van der Waals surface area (Å²) in [5.41, 5.74) is 3.88. The van der Waals surface area contributed by atoms with Gasteiger partial charge in [0.15, 0.2) is 0 Å². The van der Waals surface area contributed by atoms with E-state index in [1.54, 1.807) is 36.4 Å². The Labute approximate surface area is 161 Å². The molecular weight excluding hydrogens is 356 g/mol. The first-order chi connectivity index (χ1) is 13.0. The van der Waals surface area contributed by atoms with Crippen molar-refractivity contribution in [2.45, 2.75) is 24.7 Å². The molecule has 0 aliphatic heterocycles. The summed E-state index contributed by atoms with van der Waals surface area (Å²) in [6.45, 7) is 2.79. The molecule has 0 aromatic heterocycles. The average Bonchev–Trinajstić information content (AvgIpc) is 2.67. The molecule has 0 bridgehead atoms. The third-order valence-corrected chi connectivity index (χ3v) is 5.68. The standard InChI is InChI=1S/C22H24N2O2S/c1-18-9-15-22(16-10-18)27(25,26)24-21-13-11-20(12-14-21)23-17-5-8-19-6-3-2-4-7-19/h2-4,6-7,9-16,23-24H,5,8,17H2,1H3. The molecule has 5 heteroatoms. The predicted molar refractivity (Wildman–Crippen MR) is 112 cm³/mol. The molecule has 0 aliphatic rings. The molecule has 0 radical (unpaired) electrons. The van der Waals surface area contributed by atoms with E-state index in [1.165, 1.54) is 5.56 Å². The minimum Gasteiger partial charge on any atom is -0.385 e. The molecule has 3 rings (SSSR count). The number of hydrogen-bond acceptors (Lipinski definition) is 3. The van der Waals surface area contributed by atoms with Crippen molar-refractivity contribution in [2.75, 3.05) is 16.6 Å². The second kappa shape index (κ2) is 8.73. The highest BCUT2D eigenvalue weighted by Crippen LogP contribution is 2.19. The van der Waals surface area contributed by atoms with Crippen molar-refractivity contribution in [1.82, 2.24) is 0 Å². The molecule has 0 aliphatic carbocycles. The molecule has 0 heterocycles. The van der Waals surface area contributed by atoms with Gasteiger partial charge in [0.05, 0.1) is 4.90 Å². The highest BCUT2D eigenvalue weighted by atomic mass is 32.2. The second-order valence-electron chi connectivity index (χ2n) is 6.51. The summed E-state index contributed by atoms with van der Waals surface area (Å²) in [6.07, 6.45) is 2.06. The number of hydrogen-bond donors (Lipinski definition) is 2. The van der Waals surface area contributed by atoms with E-state index in [0.717, 1.165) is 30.6 Å². The molecule has 0 amide bonds. The van der Waals surface area contributed by atoms with Gasteiger partial charge >= 0.3 is 0 Å². The molecule has 0 spiro atoms. The third-order valence-electron chi connectivity index (χ3n) is 4.28. The van der Waals surface area contributed by atoms with Gasteiger partial charge in [0.25, 0.3) is 10.0 Å². The average molecular weight is 381 g/mol. The predicted octanol–water partition coefficient (Wildman–Crippen LogP) is 4.84. The molecule has 27 heavy (non-hydrogen) atoms. The molecular formula is C22H24N2O2S. The molecule has 2 N–H and O–H groups in total. The van der Waals surface area contributed by atoms with Crippen molar-refractivity contribution >= 4 is 21.4 Å². The summed E-state index contributed by atoms with van der Waals surface area (Å²) in [5, 5.41) is 3.37. The fourth-order valence-corrected chi connectivity index (χ4v) is 3.82. The van der Waals surface area contributed by atoms with Gasteiger partial charge in [-0.2, -0.15) is 0 Å². The van der Waals surface area contributed by atoms with Gasteiger partial charge in [-0.15, -0.1) is 0 Å². The lowest BCUT2D eigenvalue weighted by Gasteiger charge is -2.10. The van der Waals surface area contributed by atoms with Gasteiger partial charge in [-0.3, -0.25) is 4.72 Å². The van der Waals surface area contributed by atoms with Crippen LogP contribution in [0, 0.1) is 6.92 Å². The van der Waals surface area contributed by atoms with Crippen molar-refractivity contribution < 1.29 is 8.42 Å². The maximum atomic E-state index is 12.4. The van der Waals surface area contributed by atoms with Crippen LogP contribution in [0.15, 0.2) is 83.8 Å². The lowest BCUT2D eigenvalue weighted by molar-refractivity contribution is 0.601. The molecule has 0 saturated carbocycles. The quantitative estimate of drug-likeness (QED) is 0.550. The number of nitrogens with one attached hydrogen (secondary N) is 2. The molecule has 0 atom stereocenters. The second-order valence-corrected chi connectivity index (χ2v) is 8.19. The minimum absolute atomic E-state index is 0.260. The highest BCUT2D eigenvalue weighted by Gasteiger charge is 2.13. The van der Waals surface area contributed by atoms with Crippen LogP contribution in [0.2, 0.25) is 0 Å². The molecule has 140 valence electrons. The first-order valence-electron chi connectivity index (χ1n) is 9.00. The smallest absolute Gasteiger partial charge is 0.261 e. The maximum Gasteiger partial charge on any atom is 0.261 e. The van der Waals surface area contributed by atoms with E-state index >= 15 is 0 Å². The van der Waals surface area contributed by atoms with Gasteiger partial charge in [0.2, 0.25) is 0 Å². The highest BCUT2D eigenvalue weighted by molar-refractivity contribution is 7.92. The largest absolute Gasteiger partial charge is 0.385 e. The van der Waals surface area contributed by atoms with Gasteiger partial charge in [0, 0.05) is 17.9 Å². The van der Waals surface area contributed by atoms with Crippen LogP contribution < -0.4 is 10.0 Å². The number of sulfonamides is 1. The van der Waals surface area contributed by atoms with E-state index in [0.29, 0.717) is 5.69 Å². The van der Waals surface area contributed by atoms with Crippen LogP contribution in [0.4, 0.5) is 11.4 Å². The Kier molecular flexibility index (Phi) is 6.14. The summed E-state index contributed by atoms with van der Waals surface area (Å²) in [5.74, 6) is 0. The van der Waals surface area contributed by atoms with Crippen molar-refractivity contribution in [3.63, 3.8) is 0 Å². The normalized spacial score (nSPS) is 11.1. The van der Waals surface area contributed by atoms with Crippen LogP contribution in [0.1, 0.15) is 17.5 Å². The van der Waals surface area contributed by atoms with Gasteiger partial charge < -0.3 is 5.32 Å². The fraction of sp³-hybridized carbons (Fsp3) is 0.182. The number of benzene rings is 3. The summed E-state index contributed by atoms with van der Waals surface area (Å²) < 4.78 is 27.4. The third kappa shape index (κ3) is 5.59. The van der Waals surface area contributed by atoms with Gasteiger partial charge in [-0.05, 0) is 61.7 Å². The molecule has 0 unspecified atom stereocenters. The molecule has 0 saturated heterocycles. The van der Waals surface area contributed by atoms with Crippen LogP contribution in [0.5, 0.6) is 0 Å². The Hall–Kier alpha value is -2.79. The van der Waals surface area contributed by atoms with E-state index in [-0.39, 0.29) is 4.90 Å². The zero-order valence-corrected chi connectivity index (χ0v) is 16.2. The van der Waals surface area contributed by atoms with Gasteiger partial charge in [0.1, 0.15) is 0 Å². The monoisotopic (exact) mass is 380 g/mol. The Balaban J connectivity index is 1.51. The van der Waals surface area contributed by atoms with E-state index in [4.69, 9.17) is 0 Å². The zero-order valence-electron chi connectivity index (χ0n) is 15.4. The van der Waals surface area contributed by atoms with Crippen molar-refractivity contribution in [2.24, 2.45) is 0 Å². The topological polar surface area (TPSA) is 58.2 Å². The van der Waals surface area contributed by atoms with E-state index in [1.807, 2.05) is 25.1 Å². The first-order valence-corrected chi connectivity index (χ1v) is 10.5. The van der Waals surface area contributed by atoms with E-state index in [9.17, 15) is 8.42 Å². The van der Waals surface area contributed by atoms with Crippen molar-refractivity contribution in [3.05, 3.63) is 90.0 Å². The summed E-state index contributed by atoms with van der Waals surface area (Å²) >= 11 is 0. The minimum atomic E-state index is -3.56. The Morgan fingerprint density at radius 1 is 0.778 bits per heavy atom. The van der Waals surface area contributed by atoms with E-state index < -0.39 is 10.0 Å². The van der Waals surface area contributed by atoms with E-state index in [2.05, 4.69) is 34.3 Å². The molecule has 3 aromatic rings. The zero-order chi connectivity index (χ0) is 19.1. The Morgan fingerprint density at radius 3 is 2.07 bits per heavy atom. The SMILES string of the molecule is Cc1ccc(S(=O)(=O)Nc2ccc(NCCCc3ccccc3)cc2)cc1. The molecule has 0 fully saturated rings. The number of anilines is 2. The van der Waals surface area contributed by atoms with Crippen LogP contribution in [-0.2, 0) is 16.4 Å². The fourth-order valence-electron chi connectivity index (χ4n) is 2.76. The van der Waals surface area contributed by atoms with Crippen molar-refractivity contribution in [3.8, 4) is 0 Å². The van der Waals surface area contributed by atoms with Crippen LogP contribution in [0.25, 0.3) is 0 Å². The molecule has 3 aromatic carbocycles. The first kappa shape index (κ1) is 19.0. The lowest BCUT2D eigenvalue weighted by atomic mass is 10.1. The van der Waals surface area contributed by atoms with Gasteiger partial charge in [-0.25, -0.2) is 8.42 Å². The molecule has 4 nitrogen and oxygen atoms in total. The summed E-state index contributed by atoms with van der Waals surface area (Å²) in [7, 11) is -3.56. The number of aryl methyl sites for hydroxylation is 2. The Morgan fingerprint density at radius 2 is 1.41 bits per heavy atom. The van der Waals surface area contributed by atoms with Crippen LogP contribution in [-0.4, -0.2) is 15.0 Å². The van der Waals surface area contributed by atoms with Crippen LogP contribution >= 0.6 is 0 Å². The van der Waals surface area contributed by atoms with Crippen molar-refractivity contribution in [1.29, 1.82) is 0 Å². The summed E-state index contributed by atoms with van der Waals surface area (Å²) in [4.78, 5) is 0.260. The van der Waals surface area contributed by atoms with Gasteiger partial charge in [-0.1, -0.05) is 48.0 Å². The lowest BCUT2D eigenvalue weighted by Crippen LogP contribution is -2.13. The number of rotatable bonds is 8. The Bertz CT molecular complexity index is 951. The van der Waals surface area contributed by atoms with Crippen LogP contribution in [0.3, 0.4) is 0 Å².